The van der Waals surface area contributed by atoms with Crippen LogP contribution in [0.3, 0.4) is 0 Å². The topological polar surface area (TPSA) is 98.1 Å². The molecule has 2 aromatic rings. The first-order valence-electron chi connectivity index (χ1n) is 6.05. The Morgan fingerprint density at radius 2 is 2.35 bits per heavy atom. The lowest BCUT2D eigenvalue weighted by Gasteiger charge is -2.02. The van der Waals surface area contributed by atoms with Crippen LogP contribution in [-0.2, 0) is 11.8 Å². The number of nitrogens with zero attached hydrogens (tertiary/aromatic N) is 3. The minimum absolute atomic E-state index is 0.102. The molecule has 0 saturated heterocycles. The Balaban J connectivity index is 2.36. The maximum absolute atomic E-state index is 12.1. The Morgan fingerprint density at radius 3 is 3.05 bits per heavy atom. The highest BCUT2D eigenvalue weighted by molar-refractivity contribution is 6.03. The fourth-order valence-corrected chi connectivity index (χ4v) is 1.82. The van der Waals surface area contributed by atoms with Gasteiger partial charge in [-0.1, -0.05) is 0 Å². The molecule has 0 aliphatic rings. The average Bonchev–Trinajstić information content (AvgIpc) is 2.76. The number of aromatic nitrogens is 2. The molecule has 2 aromatic heterocycles. The number of furan rings is 1. The largest absolute Gasteiger partial charge is 0.462 e. The number of rotatable bonds is 4. The summed E-state index contributed by atoms with van der Waals surface area (Å²) in [6, 6.07) is 1.96. The Labute approximate surface area is 114 Å². The van der Waals surface area contributed by atoms with Gasteiger partial charge in [-0.15, -0.1) is 0 Å². The SMILES string of the molecule is Cc1oc2ncn(C)c(=O)c2c1C(=O)OCCCC#N. The van der Waals surface area contributed by atoms with E-state index in [0.717, 1.165) is 0 Å². The van der Waals surface area contributed by atoms with Crippen molar-refractivity contribution in [2.24, 2.45) is 7.05 Å². The summed E-state index contributed by atoms with van der Waals surface area (Å²) in [6.45, 7) is 1.70. The summed E-state index contributed by atoms with van der Waals surface area (Å²) in [6.07, 6.45) is 2.09. The molecular formula is C13H13N3O4. The third-order valence-corrected chi connectivity index (χ3v) is 2.82. The number of hydrogen-bond donors (Lipinski definition) is 0. The number of hydrogen-bond acceptors (Lipinski definition) is 6. The van der Waals surface area contributed by atoms with E-state index >= 15 is 0 Å². The number of unbranched alkanes of at least 4 members (excludes halogenated alkanes) is 1. The normalized spacial score (nSPS) is 10.4. The number of ether oxygens (including phenoxy) is 1. The molecule has 7 heteroatoms. The van der Waals surface area contributed by atoms with E-state index in [2.05, 4.69) is 4.98 Å². The van der Waals surface area contributed by atoms with Crippen LogP contribution in [0.15, 0.2) is 15.5 Å². The van der Waals surface area contributed by atoms with Gasteiger partial charge in [0, 0.05) is 13.5 Å². The summed E-state index contributed by atoms with van der Waals surface area (Å²) in [5.41, 5.74) is -0.143. The highest BCUT2D eigenvalue weighted by Gasteiger charge is 2.23. The van der Waals surface area contributed by atoms with Crippen LogP contribution in [0.5, 0.6) is 0 Å². The lowest BCUT2D eigenvalue weighted by molar-refractivity contribution is 0.0501. The molecule has 2 rings (SSSR count). The van der Waals surface area contributed by atoms with E-state index in [9.17, 15) is 9.59 Å². The second-order valence-electron chi connectivity index (χ2n) is 4.27. The molecule has 0 aliphatic carbocycles. The quantitative estimate of drug-likeness (QED) is 0.616. The Hall–Kier alpha value is -2.62. The second-order valence-corrected chi connectivity index (χ2v) is 4.27. The number of fused-ring (bicyclic) bond motifs is 1. The molecule has 104 valence electrons. The molecule has 0 aliphatic heterocycles. The molecule has 0 unspecified atom stereocenters. The van der Waals surface area contributed by atoms with Crippen molar-refractivity contribution < 1.29 is 13.9 Å². The van der Waals surface area contributed by atoms with Crippen LogP contribution < -0.4 is 5.56 Å². The summed E-state index contributed by atoms with van der Waals surface area (Å²) >= 11 is 0. The van der Waals surface area contributed by atoms with Gasteiger partial charge in [0.25, 0.3) is 5.56 Å². The van der Waals surface area contributed by atoms with Crippen LogP contribution in [0.25, 0.3) is 11.1 Å². The van der Waals surface area contributed by atoms with Crippen LogP contribution in [0, 0.1) is 18.3 Å². The van der Waals surface area contributed by atoms with Crippen molar-refractivity contribution in [2.45, 2.75) is 19.8 Å². The van der Waals surface area contributed by atoms with Crippen LogP contribution in [0.4, 0.5) is 0 Å². The highest BCUT2D eigenvalue weighted by Crippen LogP contribution is 2.21. The number of nitriles is 1. The van der Waals surface area contributed by atoms with E-state index in [1.807, 2.05) is 6.07 Å². The number of carbonyl (C=O) groups is 1. The standard InChI is InChI=1S/C13H13N3O4/c1-8-9(13(18)19-6-4-3-5-14)10-11(20-8)15-7-16(2)12(10)17/h7H,3-4,6H2,1-2H3. The fraction of sp³-hybridized carbons (Fsp3) is 0.385. The smallest absolute Gasteiger partial charge is 0.342 e. The van der Waals surface area contributed by atoms with Gasteiger partial charge in [-0.2, -0.15) is 5.26 Å². The predicted molar refractivity (Wildman–Crippen MR) is 69.1 cm³/mol. The third kappa shape index (κ3) is 2.40. The van der Waals surface area contributed by atoms with Crippen molar-refractivity contribution in [3.8, 4) is 6.07 Å². The predicted octanol–water partition coefficient (Wildman–Crippen LogP) is 1.30. The van der Waals surface area contributed by atoms with Crippen molar-refractivity contribution in [3.05, 3.63) is 28.0 Å². The molecule has 0 fully saturated rings. The number of esters is 1. The second kappa shape index (κ2) is 5.57. The van der Waals surface area contributed by atoms with Gasteiger partial charge in [-0.3, -0.25) is 4.79 Å². The van der Waals surface area contributed by atoms with Crippen molar-refractivity contribution in [2.75, 3.05) is 6.61 Å². The zero-order chi connectivity index (χ0) is 14.7. The van der Waals surface area contributed by atoms with Crippen LogP contribution in [-0.4, -0.2) is 22.1 Å². The van der Waals surface area contributed by atoms with Gasteiger partial charge in [-0.05, 0) is 13.3 Å². The minimum atomic E-state index is -0.635. The number of aryl methyl sites for hydroxylation is 2. The molecule has 0 bridgehead atoms. The molecule has 2 heterocycles. The van der Waals surface area contributed by atoms with E-state index in [1.54, 1.807) is 14.0 Å². The van der Waals surface area contributed by atoms with Gasteiger partial charge in [0.2, 0.25) is 5.71 Å². The third-order valence-electron chi connectivity index (χ3n) is 2.82. The van der Waals surface area contributed by atoms with Gasteiger partial charge in [-0.25, -0.2) is 9.78 Å². The monoisotopic (exact) mass is 275 g/mol. The van der Waals surface area contributed by atoms with E-state index in [0.29, 0.717) is 18.6 Å². The summed E-state index contributed by atoms with van der Waals surface area (Å²) in [4.78, 5) is 28.0. The maximum Gasteiger partial charge on any atom is 0.342 e. The average molecular weight is 275 g/mol. The van der Waals surface area contributed by atoms with Crippen LogP contribution in [0.1, 0.15) is 29.0 Å². The number of carbonyl (C=O) groups excluding carboxylic acids is 1. The van der Waals surface area contributed by atoms with Crippen molar-refractivity contribution >= 4 is 17.1 Å². The molecule has 0 atom stereocenters. The van der Waals surface area contributed by atoms with Crippen LogP contribution in [0.2, 0.25) is 0 Å². The first kappa shape index (κ1) is 13.8. The zero-order valence-corrected chi connectivity index (χ0v) is 11.2. The zero-order valence-electron chi connectivity index (χ0n) is 11.2. The van der Waals surface area contributed by atoms with Gasteiger partial charge in [0.15, 0.2) is 0 Å². The molecular weight excluding hydrogens is 262 g/mol. The van der Waals surface area contributed by atoms with Gasteiger partial charge >= 0.3 is 5.97 Å². The van der Waals surface area contributed by atoms with E-state index < -0.39 is 5.97 Å². The Morgan fingerprint density at radius 1 is 1.60 bits per heavy atom. The molecule has 7 nitrogen and oxygen atoms in total. The van der Waals surface area contributed by atoms with Crippen molar-refractivity contribution in [3.63, 3.8) is 0 Å². The van der Waals surface area contributed by atoms with Gasteiger partial charge in [0.05, 0.1) is 12.7 Å². The Kier molecular flexibility index (Phi) is 3.84. The summed E-state index contributed by atoms with van der Waals surface area (Å²) < 4.78 is 11.6. The first-order chi connectivity index (χ1) is 9.56. The summed E-state index contributed by atoms with van der Waals surface area (Å²) in [5, 5.41) is 8.53. The lowest BCUT2D eigenvalue weighted by atomic mass is 10.2. The minimum Gasteiger partial charge on any atom is -0.462 e. The van der Waals surface area contributed by atoms with E-state index in [1.165, 1.54) is 10.9 Å². The lowest BCUT2D eigenvalue weighted by Crippen LogP contribution is -2.19. The van der Waals surface area contributed by atoms with E-state index in [-0.39, 0.29) is 28.8 Å². The molecule has 0 radical (unpaired) electrons. The van der Waals surface area contributed by atoms with Gasteiger partial charge < -0.3 is 13.7 Å². The highest BCUT2D eigenvalue weighted by atomic mass is 16.5. The molecule has 0 aromatic carbocycles. The van der Waals surface area contributed by atoms with Crippen LogP contribution >= 0.6 is 0 Å². The maximum atomic E-state index is 12.1. The van der Waals surface area contributed by atoms with Gasteiger partial charge in [0.1, 0.15) is 23.0 Å². The fourth-order valence-electron chi connectivity index (χ4n) is 1.82. The van der Waals surface area contributed by atoms with E-state index in [4.69, 9.17) is 14.4 Å². The molecule has 0 N–H and O–H groups in total. The van der Waals surface area contributed by atoms with Crippen molar-refractivity contribution in [1.29, 1.82) is 5.26 Å². The summed E-state index contributed by atoms with van der Waals surface area (Å²) in [5.74, 6) is -0.342. The van der Waals surface area contributed by atoms with Crippen molar-refractivity contribution in [1.82, 2.24) is 9.55 Å². The summed E-state index contributed by atoms with van der Waals surface area (Å²) in [7, 11) is 1.54. The molecule has 0 spiro atoms. The molecule has 20 heavy (non-hydrogen) atoms. The first-order valence-corrected chi connectivity index (χ1v) is 6.05. The Bertz CT molecular complexity index is 751. The molecule has 0 saturated carbocycles. The molecule has 0 amide bonds.